The molecule has 1 aromatic heterocycles. The van der Waals surface area contributed by atoms with Gasteiger partial charge < -0.3 is 24.0 Å². The lowest BCUT2D eigenvalue weighted by atomic mass is 9.80. The third-order valence-corrected chi connectivity index (χ3v) is 8.93. The van der Waals surface area contributed by atoms with Gasteiger partial charge in [0.2, 0.25) is 0 Å². The van der Waals surface area contributed by atoms with E-state index < -0.39 is 17.9 Å². The standard InChI is InChI=1S/C39H50N4O5/c1-30-28-43(38(45)42(37(30)44)25-15-23-40(2)3)36-27-34(46-26-16-24-41(4)5)35(48-36)29-47-39(31-17-9-6-10-18-31,32-19-11-7-12-20-32)33-21-13-8-14-22-33/h6-14,17-22,28,34-36H,15-16,23-27,29H2,1-5H3/t34-,35+,36+/m0/s1. The van der Waals surface area contributed by atoms with Crippen molar-refractivity contribution in [3.05, 3.63) is 140 Å². The van der Waals surface area contributed by atoms with Crippen molar-refractivity contribution in [1.29, 1.82) is 0 Å². The van der Waals surface area contributed by atoms with Crippen molar-refractivity contribution < 1.29 is 14.2 Å². The zero-order chi connectivity index (χ0) is 34.1. The van der Waals surface area contributed by atoms with Gasteiger partial charge in [0.25, 0.3) is 5.56 Å². The molecule has 0 N–H and O–H groups in total. The van der Waals surface area contributed by atoms with Gasteiger partial charge in [-0.15, -0.1) is 0 Å². The van der Waals surface area contributed by atoms with E-state index in [1.54, 1.807) is 17.7 Å². The fraction of sp³-hybridized carbons (Fsp3) is 0.436. The molecule has 9 nitrogen and oxygen atoms in total. The highest BCUT2D eigenvalue weighted by Crippen LogP contribution is 2.42. The van der Waals surface area contributed by atoms with Crippen molar-refractivity contribution in [3.63, 3.8) is 0 Å². The van der Waals surface area contributed by atoms with E-state index in [-0.39, 0.29) is 24.0 Å². The Morgan fingerprint density at radius 3 is 1.83 bits per heavy atom. The first-order valence-corrected chi connectivity index (χ1v) is 16.9. The van der Waals surface area contributed by atoms with Gasteiger partial charge in [-0.1, -0.05) is 91.0 Å². The summed E-state index contributed by atoms with van der Waals surface area (Å²) in [6.45, 7) is 4.52. The van der Waals surface area contributed by atoms with Crippen LogP contribution in [0.2, 0.25) is 0 Å². The molecule has 1 saturated heterocycles. The molecule has 0 radical (unpaired) electrons. The SMILES string of the molecule is Cc1cn([C@H]2C[C@H](OCCCN(C)C)[C@@H](COC(c3ccccc3)(c3ccccc3)c3ccccc3)O2)c(=O)n(CCCN(C)C)c1=O. The number of rotatable bonds is 16. The maximum Gasteiger partial charge on any atom is 0.333 e. The summed E-state index contributed by atoms with van der Waals surface area (Å²) in [4.78, 5) is 31.0. The van der Waals surface area contributed by atoms with Crippen molar-refractivity contribution >= 4 is 0 Å². The second-order valence-corrected chi connectivity index (χ2v) is 13.1. The highest BCUT2D eigenvalue weighted by Gasteiger charge is 2.43. The lowest BCUT2D eigenvalue weighted by molar-refractivity contribution is -0.105. The number of aryl methyl sites for hydroxylation is 1. The molecule has 1 aliphatic heterocycles. The van der Waals surface area contributed by atoms with E-state index in [9.17, 15) is 9.59 Å². The van der Waals surface area contributed by atoms with Gasteiger partial charge in [0.1, 0.15) is 17.9 Å². The molecule has 0 saturated carbocycles. The summed E-state index contributed by atoms with van der Waals surface area (Å²) in [5, 5.41) is 0. The van der Waals surface area contributed by atoms with Crippen molar-refractivity contribution in [2.24, 2.45) is 0 Å². The third-order valence-electron chi connectivity index (χ3n) is 8.93. The smallest absolute Gasteiger partial charge is 0.333 e. The molecule has 256 valence electrons. The summed E-state index contributed by atoms with van der Waals surface area (Å²) in [6, 6.07) is 30.7. The van der Waals surface area contributed by atoms with Crippen LogP contribution in [0.15, 0.2) is 107 Å². The summed E-state index contributed by atoms with van der Waals surface area (Å²) in [5.74, 6) is 0. The molecular formula is C39H50N4O5. The Morgan fingerprint density at radius 1 is 0.792 bits per heavy atom. The van der Waals surface area contributed by atoms with Crippen LogP contribution in [0.4, 0.5) is 0 Å². The quantitative estimate of drug-likeness (QED) is 0.126. The van der Waals surface area contributed by atoms with Gasteiger partial charge in [-0.3, -0.25) is 13.9 Å². The molecule has 0 aliphatic carbocycles. The highest BCUT2D eigenvalue weighted by molar-refractivity contribution is 5.47. The maximum atomic E-state index is 13.8. The lowest BCUT2D eigenvalue weighted by Crippen LogP contribution is -2.42. The van der Waals surface area contributed by atoms with Crippen molar-refractivity contribution in [3.8, 4) is 0 Å². The molecule has 3 atom stereocenters. The van der Waals surface area contributed by atoms with E-state index in [2.05, 4.69) is 41.3 Å². The van der Waals surface area contributed by atoms with Gasteiger partial charge in [-0.05, 0) is 77.7 Å². The van der Waals surface area contributed by atoms with Gasteiger partial charge in [0.05, 0.1) is 12.7 Å². The fourth-order valence-electron chi connectivity index (χ4n) is 6.49. The molecule has 0 bridgehead atoms. The summed E-state index contributed by atoms with van der Waals surface area (Å²) in [6.07, 6.45) is 2.24. The zero-order valence-corrected chi connectivity index (χ0v) is 29.0. The van der Waals surface area contributed by atoms with Crippen LogP contribution in [0.1, 0.15) is 47.7 Å². The average molecular weight is 655 g/mol. The minimum Gasteiger partial charge on any atom is -0.375 e. The summed E-state index contributed by atoms with van der Waals surface area (Å²) in [5.41, 5.74) is 1.94. The molecule has 4 aromatic rings. The van der Waals surface area contributed by atoms with Gasteiger partial charge in [-0.25, -0.2) is 4.79 Å². The minimum absolute atomic E-state index is 0.212. The Bertz CT molecular complexity index is 1590. The molecule has 1 aliphatic rings. The summed E-state index contributed by atoms with van der Waals surface area (Å²) in [7, 11) is 8.05. The first kappa shape index (κ1) is 35.4. The molecule has 5 rings (SSSR count). The minimum atomic E-state index is -0.923. The normalized spacial score (nSPS) is 18.2. The number of benzene rings is 3. The van der Waals surface area contributed by atoms with E-state index in [4.69, 9.17) is 14.2 Å². The third kappa shape index (κ3) is 8.22. The molecule has 0 amide bonds. The first-order valence-electron chi connectivity index (χ1n) is 16.9. The van der Waals surface area contributed by atoms with Crippen LogP contribution in [-0.2, 0) is 26.4 Å². The summed E-state index contributed by atoms with van der Waals surface area (Å²) >= 11 is 0. The number of nitrogens with zero attached hydrogens (tertiary/aromatic N) is 4. The highest BCUT2D eigenvalue weighted by atomic mass is 16.6. The lowest BCUT2D eigenvalue weighted by Gasteiger charge is -2.37. The molecule has 0 spiro atoms. The Balaban J connectivity index is 1.49. The largest absolute Gasteiger partial charge is 0.375 e. The van der Waals surface area contributed by atoms with Crippen LogP contribution in [0.25, 0.3) is 0 Å². The molecule has 9 heteroatoms. The second-order valence-electron chi connectivity index (χ2n) is 13.1. The zero-order valence-electron chi connectivity index (χ0n) is 29.0. The average Bonchev–Trinajstić information content (AvgIpc) is 3.50. The van der Waals surface area contributed by atoms with Gasteiger partial charge >= 0.3 is 5.69 Å². The van der Waals surface area contributed by atoms with Gasteiger partial charge in [-0.2, -0.15) is 0 Å². The Hall–Kier alpha value is -3.86. The van der Waals surface area contributed by atoms with Gasteiger partial charge in [0, 0.05) is 31.3 Å². The number of aromatic nitrogens is 2. The predicted octanol–water partition coefficient (Wildman–Crippen LogP) is 4.90. The number of hydrogen-bond donors (Lipinski definition) is 0. The second kappa shape index (κ2) is 16.5. The molecular weight excluding hydrogens is 604 g/mol. The van der Waals surface area contributed by atoms with E-state index in [1.165, 1.54) is 4.57 Å². The van der Waals surface area contributed by atoms with Crippen molar-refractivity contribution in [2.75, 3.05) is 54.5 Å². The molecule has 48 heavy (non-hydrogen) atoms. The predicted molar refractivity (Wildman–Crippen MR) is 189 cm³/mol. The molecule has 3 aromatic carbocycles. The Labute approximate surface area is 284 Å². The topological polar surface area (TPSA) is 78.2 Å². The van der Waals surface area contributed by atoms with Crippen molar-refractivity contribution in [2.45, 2.75) is 56.8 Å². The molecule has 1 fully saturated rings. The Kier molecular flexibility index (Phi) is 12.2. The van der Waals surface area contributed by atoms with E-state index in [1.807, 2.05) is 87.7 Å². The van der Waals surface area contributed by atoms with Gasteiger partial charge in [0.15, 0.2) is 0 Å². The summed E-state index contributed by atoms with van der Waals surface area (Å²) < 4.78 is 23.2. The van der Waals surface area contributed by atoms with Crippen LogP contribution in [0.3, 0.4) is 0 Å². The van der Waals surface area contributed by atoms with Crippen LogP contribution in [-0.4, -0.2) is 85.6 Å². The monoisotopic (exact) mass is 654 g/mol. The number of ether oxygens (including phenoxy) is 3. The molecule has 0 unspecified atom stereocenters. The maximum absolute atomic E-state index is 13.8. The first-order chi connectivity index (χ1) is 23.2. The fourth-order valence-corrected chi connectivity index (χ4v) is 6.49. The van der Waals surface area contributed by atoms with Crippen LogP contribution < -0.4 is 11.2 Å². The van der Waals surface area contributed by atoms with Crippen LogP contribution >= 0.6 is 0 Å². The van der Waals surface area contributed by atoms with Crippen LogP contribution in [0.5, 0.6) is 0 Å². The van der Waals surface area contributed by atoms with E-state index in [0.29, 0.717) is 31.6 Å². The molecule has 2 heterocycles. The Morgan fingerprint density at radius 2 is 1.31 bits per heavy atom. The van der Waals surface area contributed by atoms with E-state index in [0.717, 1.165) is 36.2 Å². The van der Waals surface area contributed by atoms with Crippen molar-refractivity contribution in [1.82, 2.24) is 18.9 Å². The van der Waals surface area contributed by atoms with E-state index >= 15 is 0 Å². The van der Waals surface area contributed by atoms with Crippen LogP contribution in [0, 0.1) is 6.92 Å². The number of hydrogen-bond acceptors (Lipinski definition) is 7.